The number of imidazole rings is 1. The van der Waals surface area contributed by atoms with E-state index in [-0.39, 0.29) is 17.9 Å². The molecule has 20 heavy (non-hydrogen) atoms. The molecule has 0 saturated heterocycles. The van der Waals surface area contributed by atoms with Gasteiger partial charge >= 0.3 is 5.97 Å². The molecule has 2 rings (SSSR count). The average Bonchev–Trinajstić information content (AvgIpc) is 2.80. The SMILES string of the molecule is O=C(NCC1(O)CCCCCC1)c1nc[nH]c1C(=O)O. The summed E-state index contributed by atoms with van der Waals surface area (Å²) in [5.74, 6) is -1.82. The number of aliphatic hydroxyl groups is 1. The lowest BCUT2D eigenvalue weighted by molar-refractivity contribution is 0.0246. The van der Waals surface area contributed by atoms with Crippen molar-refractivity contribution in [2.24, 2.45) is 0 Å². The molecule has 7 heteroatoms. The van der Waals surface area contributed by atoms with E-state index in [2.05, 4.69) is 15.3 Å². The van der Waals surface area contributed by atoms with Crippen LogP contribution in [0.4, 0.5) is 0 Å². The van der Waals surface area contributed by atoms with Gasteiger partial charge in [-0.3, -0.25) is 4.79 Å². The van der Waals surface area contributed by atoms with Crippen LogP contribution < -0.4 is 5.32 Å². The van der Waals surface area contributed by atoms with Gasteiger partial charge < -0.3 is 20.5 Å². The van der Waals surface area contributed by atoms with Crippen molar-refractivity contribution in [2.45, 2.75) is 44.1 Å². The Morgan fingerprint density at radius 1 is 1.30 bits per heavy atom. The number of hydrogen-bond donors (Lipinski definition) is 4. The predicted octanol–water partition coefficient (Wildman–Crippen LogP) is 0.923. The van der Waals surface area contributed by atoms with Crippen molar-refractivity contribution in [1.82, 2.24) is 15.3 Å². The number of carbonyl (C=O) groups excluding carboxylic acids is 1. The highest BCUT2D eigenvalue weighted by Gasteiger charge is 2.29. The van der Waals surface area contributed by atoms with Gasteiger partial charge in [0, 0.05) is 6.54 Å². The normalized spacial score (nSPS) is 18.2. The van der Waals surface area contributed by atoms with Crippen LogP contribution in [0.25, 0.3) is 0 Å². The molecule has 1 aliphatic rings. The number of carboxylic acid groups (broad SMARTS) is 1. The Labute approximate surface area is 116 Å². The Kier molecular flexibility index (Phi) is 4.39. The molecule has 0 bridgehead atoms. The van der Waals surface area contributed by atoms with Crippen LogP contribution in [0.2, 0.25) is 0 Å². The second-order valence-corrected chi connectivity index (χ2v) is 5.25. The zero-order valence-corrected chi connectivity index (χ0v) is 11.2. The molecule has 1 aromatic heterocycles. The molecule has 7 nitrogen and oxygen atoms in total. The highest BCUT2D eigenvalue weighted by molar-refractivity contribution is 6.02. The first-order chi connectivity index (χ1) is 9.52. The number of nitrogens with one attached hydrogen (secondary N) is 2. The fourth-order valence-electron chi connectivity index (χ4n) is 2.52. The fourth-order valence-corrected chi connectivity index (χ4v) is 2.52. The van der Waals surface area contributed by atoms with Crippen molar-refractivity contribution in [3.63, 3.8) is 0 Å². The zero-order valence-electron chi connectivity index (χ0n) is 11.2. The van der Waals surface area contributed by atoms with Gasteiger partial charge in [-0.1, -0.05) is 25.7 Å². The van der Waals surface area contributed by atoms with Crippen LogP contribution in [0, 0.1) is 0 Å². The van der Waals surface area contributed by atoms with Gasteiger partial charge in [0.2, 0.25) is 0 Å². The van der Waals surface area contributed by atoms with E-state index >= 15 is 0 Å². The minimum absolute atomic E-state index is 0.123. The van der Waals surface area contributed by atoms with Gasteiger partial charge in [0.05, 0.1) is 11.9 Å². The third kappa shape index (κ3) is 3.36. The first kappa shape index (κ1) is 14.5. The Hall–Kier alpha value is -1.89. The Balaban J connectivity index is 1.97. The quantitative estimate of drug-likeness (QED) is 0.613. The average molecular weight is 281 g/mol. The molecule has 4 N–H and O–H groups in total. The molecule has 1 aliphatic carbocycles. The van der Waals surface area contributed by atoms with Gasteiger partial charge in [0.15, 0.2) is 11.4 Å². The second-order valence-electron chi connectivity index (χ2n) is 5.25. The van der Waals surface area contributed by atoms with Crippen molar-refractivity contribution >= 4 is 11.9 Å². The minimum Gasteiger partial charge on any atom is -0.477 e. The minimum atomic E-state index is -1.24. The molecule has 0 radical (unpaired) electrons. The van der Waals surface area contributed by atoms with Crippen molar-refractivity contribution in [3.8, 4) is 0 Å². The van der Waals surface area contributed by atoms with E-state index in [1.54, 1.807) is 0 Å². The maximum absolute atomic E-state index is 11.9. The van der Waals surface area contributed by atoms with E-state index in [4.69, 9.17) is 5.11 Å². The smallest absolute Gasteiger partial charge is 0.354 e. The number of nitrogens with zero attached hydrogens (tertiary/aromatic N) is 1. The van der Waals surface area contributed by atoms with Crippen LogP contribution in [0.3, 0.4) is 0 Å². The molecule has 1 saturated carbocycles. The molecule has 0 aromatic carbocycles. The van der Waals surface area contributed by atoms with E-state index in [9.17, 15) is 14.7 Å². The third-order valence-corrected chi connectivity index (χ3v) is 3.68. The fraction of sp³-hybridized carbons (Fsp3) is 0.615. The number of carbonyl (C=O) groups is 2. The summed E-state index contributed by atoms with van der Waals surface area (Å²) in [5, 5.41) is 21.9. The number of aromatic amines is 1. The van der Waals surface area contributed by atoms with Crippen LogP contribution in [0.15, 0.2) is 6.33 Å². The summed E-state index contributed by atoms with van der Waals surface area (Å²) in [6.45, 7) is 0.123. The van der Waals surface area contributed by atoms with E-state index in [1.807, 2.05) is 0 Å². The van der Waals surface area contributed by atoms with Gasteiger partial charge in [-0.05, 0) is 12.8 Å². The number of amides is 1. The Morgan fingerprint density at radius 2 is 1.95 bits per heavy atom. The summed E-state index contributed by atoms with van der Waals surface area (Å²) in [7, 11) is 0. The Bertz CT molecular complexity index is 490. The van der Waals surface area contributed by atoms with Crippen LogP contribution in [0.1, 0.15) is 59.5 Å². The van der Waals surface area contributed by atoms with E-state index in [1.165, 1.54) is 6.33 Å². The standard InChI is InChI=1S/C13H19N3O4/c17-11(9-10(12(18)19)16-8-15-9)14-7-13(20)5-3-1-2-4-6-13/h8,20H,1-7H2,(H,14,17)(H,15,16)(H,18,19). The number of H-pyrrole nitrogens is 1. The number of aromatic nitrogens is 2. The number of rotatable bonds is 4. The van der Waals surface area contributed by atoms with Crippen LogP contribution in [0.5, 0.6) is 0 Å². The summed E-state index contributed by atoms with van der Waals surface area (Å²) in [6.07, 6.45) is 6.54. The lowest BCUT2D eigenvalue weighted by atomic mass is 9.94. The molecule has 110 valence electrons. The molecule has 1 aromatic rings. The predicted molar refractivity (Wildman–Crippen MR) is 70.5 cm³/mol. The maximum atomic E-state index is 11.9. The largest absolute Gasteiger partial charge is 0.477 e. The summed E-state index contributed by atoms with van der Waals surface area (Å²) < 4.78 is 0. The lowest BCUT2D eigenvalue weighted by Crippen LogP contribution is -2.43. The van der Waals surface area contributed by atoms with Gasteiger partial charge in [-0.2, -0.15) is 0 Å². The molecule has 1 heterocycles. The van der Waals surface area contributed by atoms with Gasteiger partial charge in [0.25, 0.3) is 5.91 Å². The van der Waals surface area contributed by atoms with Gasteiger partial charge in [0.1, 0.15) is 0 Å². The van der Waals surface area contributed by atoms with Crippen molar-refractivity contribution in [2.75, 3.05) is 6.54 Å². The van der Waals surface area contributed by atoms with Crippen LogP contribution in [-0.2, 0) is 0 Å². The number of aromatic carboxylic acids is 1. The highest BCUT2D eigenvalue weighted by Crippen LogP contribution is 2.26. The summed E-state index contributed by atoms with van der Waals surface area (Å²) >= 11 is 0. The Morgan fingerprint density at radius 3 is 2.55 bits per heavy atom. The molecule has 1 amide bonds. The monoisotopic (exact) mass is 281 g/mol. The molecular formula is C13H19N3O4. The van der Waals surface area contributed by atoms with Crippen molar-refractivity contribution in [1.29, 1.82) is 0 Å². The third-order valence-electron chi connectivity index (χ3n) is 3.68. The first-order valence-electron chi connectivity index (χ1n) is 6.79. The number of carboxylic acids is 1. The number of hydrogen-bond acceptors (Lipinski definition) is 4. The van der Waals surface area contributed by atoms with Crippen LogP contribution in [-0.4, -0.2) is 44.2 Å². The van der Waals surface area contributed by atoms with Crippen molar-refractivity contribution in [3.05, 3.63) is 17.7 Å². The summed E-state index contributed by atoms with van der Waals surface area (Å²) in [6, 6.07) is 0. The van der Waals surface area contributed by atoms with Gasteiger partial charge in [-0.25, -0.2) is 9.78 Å². The molecule has 1 fully saturated rings. The second kappa shape index (κ2) is 6.04. The van der Waals surface area contributed by atoms with Gasteiger partial charge in [-0.15, -0.1) is 0 Å². The molecule has 0 atom stereocenters. The first-order valence-corrected chi connectivity index (χ1v) is 6.79. The summed E-state index contributed by atoms with van der Waals surface area (Å²) in [5.41, 5.74) is -1.30. The van der Waals surface area contributed by atoms with Crippen LogP contribution >= 0.6 is 0 Å². The lowest BCUT2D eigenvalue weighted by Gasteiger charge is -2.26. The highest BCUT2D eigenvalue weighted by atomic mass is 16.4. The van der Waals surface area contributed by atoms with E-state index in [0.29, 0.717) is 12.8 Å². The summed E-state index contributed by atoms with van der Waals surface area (Å²) in [4.78, 5) is 29.0. The zero-order chi connectivity index (χ0) is 14.6. The molecular weight excluding hydrogens is 262 g/mol. The van der Waals surface area contributed by atoms with E-state index in [0.717, 1.165) is 25.7 Å². The maximum Gasteiger partial charge on any atom is 0.354 e. The van der Waals surface area contributed by atoms with E-state index < -0.39 is 17.5 Å². The molecule has 0 spiro atoms. The van der Waals surface area contributed by atoms with Crippen molar-refractivity contribution < 1.29 is 19.8 Å². The topological polar surface area (TPSA) is 115 Å². The molecule has 0 unspecified atom stereocenters. The molecule has 0 aliphatic heterocycles.